The van der Waals surface area contributed by atoms with E-state index in [1.54, 1.807) is 0 Å². The monoisotopic (exact) mass is 495 g/mol. The van der Waals surface area contributed by atoms with Gasteiger partial charge >= 0.3 is 0 Å². The van der Waals surface area contributed by atoms with Crippen molar-refractivity contribution in [2.24, 2.45) is 0 Å². The lowest BCUT2D eigenvalue weighted by Crippen LogP contribution is -2.31. The van der Waals surface area contributed by atoms with Gasteiger partial charge in [0.1, 0.15) is 5.82 Å². The molecule has 2 aliphatic rings. The van der Waals surface area contributed by atoms with Gasteiger partial charge in [-0.15, -0.1) is 10.2 Å². The number of hydrogen-bond donors (Lipinski definition) is 2. The van der Waals surface area contributed by atoms with Crippen LogP contribution >= 0.6 is 0 Å². The zero-order valence-electron chi connectivity index (χ0n) is 19.4. The first-order valence-corrected chi connectivity index (χ1v) is 13.5. The van der Waals surface area contributed by atoms with Crippen LogP contribution in [0.5, 0.6) is 0 Å². The van der Waals surface area contributed by atoms with E-state index in [1.165, 1.54) is 30.7 Å². The van der Waals surface area contributed by atoms with E-state index in [9.17, 15) is 13.2 Å². The molecule has 0 bridgehead atoms. The summed E-state index contributed by atoms with van der Waals surface area (Å²) >= 11 is 0. The van der Waals surface area contributed by atoms with Crippen LogP contribution in [0.4, 0.5) is 5.69 Å². The molecule has 1 aromatic heterocycles. The highest BCUT2D eigenvalue weighted by molar-refractivity contribution is 7.89. The molecule has 5 rings (SSSR count). The number of amides is 1. The van der Waals surface area contributed by atoms with E-state index in [-0.39, 0.29) is 23.5 Å². The molecule has 3 aromatic rings. The minimum Gasteiger partial charge on any atom is -0.377 e. The molecule has 2 N–H and O–H groups in total. The van der Waals surface area contributed by atoms with Crippen LogP contribution in [0.25, 0.3) is 11.4 Å². The Morgan fingerprint density at radius 3 is 2.54 bits per heavy atom. The molecule has 0 unspecified atom stereocenters. The molecule has 1 atom stereocenters. The van der Waals surface area contributed by atoms with Gasteiger partial charge in [-0.25, -0.2) is 13.1 Å². The number of rotatable bonds is 7. The van der Waals surface area contributed by atoms with Gasteiger partial charge in [0.2, 0.25) is 10.0 Å². The molecule has 2 aliphatic heterocycles. The maximum atomic E-state index is 12.7. The van der Waals surface area contributed by atoms with Crippen molar-refractivity contribution in [1.82, 2.24) is 19.5 Å². The number of hydrogen-bond acceptors (Lipinski definition) is 6. The molecule has 0 aliphatic carbocycles. The molecule has 0 saturated carbocycles. The minimum atomic E-state index is -3.66. The van der Waals surface area contributed by atoms with Gasteiger partial charge in [0.05, 0.1) is 11.0 Å². The summed E-state index contributed by atoms with van der Waals surface area (Å²) in [5.41, 5.74) is 1.97. The van der Waals surface area contributed by atoms with Crippen molar-refractivity contribution in [3.8, 4) is 11.4 Å². The third-order valence-electron chi connectivity index (χ3n) is 6.46. The number of aromatic nitrogens is 3. The highest BCUT2D eigenvalue weighted by Crippen LogP contribution is 2.24. The van der Waals surface area contributed by atoms with Gasteiger partial charge in [0.25, 0.3) is 5.91 Å². The minimum absolute atomic E-state index is 0.0825. The van der Waals surface area contributed by atoms with E-state index < -0.39 is 10.0 Å². The van der Waals surface area contributed by atoms with Gasteiger partial charge in [-0.2, -0.15) is 0 Å². The first-order chi connectivity index (χ1) is 17.0. The molecule has 184 valence electrons. The summed E-state index contributed by atoms with van der Waals surface area (Å²) < 4.78 is 35.3. The maximum Gasteiger partial charge on any atom is 0.255 e. The van der Waals surface area contributed by atoms with E-state index in [0.717, 1.165) is 55.9 Å². The Hall–Kier alpha value is -3.08. The van der Waals surface area contributed by atoms with Crippen LogP contribution < -0.4 is 10.0 Å². The number of ether oxygens (including phenoxy) is 1. The fourth-order valence-corrected chi connectivity index (χ4v) is 5.55. The lowest BCUT2D eigenvalue weighted by Gasteiger charge is -2.12. The molecular formula is C25H29N5O4S. The zero-order valence-corrected chi connectivity index (χ0v) is 20.3. The van der Waals surface area contributed by atoms with Crippen LogP contribution in [0.15, 0.2) is 53.4 Å². The third kappa shape index (κ3) is 5.44. The Bertz CT molecular complexity index is 1280. The lowest BCUT2D eigenvalue weighted by molar-refractivity contribution is 0.102. The van der Waals surface area contributed by atoms with Crippen LogP contribution in [0.2, 0.25) is 0 Å². The lowest BCUT2D eigenvalue weighted by atomic mass is 10.1. The van der Waals surface area contributed by atoms with Crippen molar-refractivity contribution >= 4 is 21.6 Å². The van der Waals surface area contributed by atoms with Crippen molar-refractivity contribution in [2.75, 3.05) is 18.5 Å². The summed E-state index contributed by atoms with van der Waals surface area (Å²) in [6, 6.07) is 13.4. The molecule has 1 fully saturated rings. The molecule has 35 heavy (non-hydrogen) atoms. The summed E-state index contributed by atoms with van der Waals surface area (Å²) in [6.07, 6.45) is 6.13. The van der Waals surface area contributed by atoms with Crippen LogP contribution in [0, 0.1) is 0 Å². The zero-order chi connectivity index (χ0) is 24.3. The summed E-state index contributed by atoms with van der Waals surface area (Å²) in [4.78, 5) is 12.8. The van der Waals surface area contributed by atoms with Gasteiger partial charge in [-0.1, -0.05) is 6.42 Å². The maximum absolute atomic E-state index is 12.7. The molecular weight excluding hydrogens is 466 g/mol. The standard InChI is InChI=1S/C25H29N5O4S/c31-25(19-9-13-22(14-10-19)35(32,33)26-17-21-5-4-16-34-21)27-20-11-7-18(8-12-20)24-29-28-23-6-2-1-3-15-30(23)24/h7-14,21,26H,1-6,15-17H2,(H,27,31)/t21-/m0/s1. The quantitative estimate of drug-likeness (QED) is 0.519. The highest BCUT2D eigenvalue weighted by atomic mass is 32.2. The number of benzene rings is 2. The molecule has 0 radical (unpaired) electrons. The van der Waals surface area contributed by atoms with Crippen molar-refractivity contribution in [3.05, 3.63) is 59.9 Å². The van der Waals surface area contributed by atoms with Crippen molar-refractivity contribution in [2.45, 2.75) is 56.1 Å². The third-order valence-corrected chi connectivity index (χ3v) is 7.90. The van der Waals surface area contributed by atoms with E-state index >= 15 is 0 Å². The fourth-order valence-electron chi connectivity index (χ4n) is 4.48. The Morgan fingerprint density at radius 1 is 1.00 bits per heavy atom. The second kappa shape index (κ2) is 10.3. The van der Waals surface area contributed by atoms with Crippen LogP contribution in [0.3, 0.4) is 0 Å². The Kier molecular flexibility index (Phi) is 6.94. The second-order valence-corrected chi connectivity index (χ2v) is 10.7. The molecule has 3 heterocycles. The average molecular weight is 496 g/mol. The Morgan fingerprint density at radius 2 is 1.80 bits per heavy atom. The summed E-state index contributed by atoms with van der Waals surface area (Å²) in [6.45, 7) is 1.84. The Balaban J connectivity index is 1.22. The summed E-state index contributed by atoms with van der Waals surface area (Å²) in [5, 5.41) is 11.6. The van der Waals surface area contributed by atoms with Gasteiger partial charge < -0.3 is 14.6 Å². The highest BCUT2D eigenvalue weighted by Gasteiger charge is 2.21. The first kappa shape index (κ1) is 23.7. The number of anilines is 1. The SMILES string of the molecule is O=C(Nc1ccc(-c2nnc3n2CCCCC3)cc1)c1ccc(S(=O)(=O)NC[C@@H]2CCCO2)cc1. The number of sulfonamides is 1. The molecule has 10 heteroatoms. The predicted octanol–water partition coefficient (Wildman–Crippen LogP) is 3.38. The first-order valence-electron chi connectivity index (χ1n) is 12.0. The van der Waals surface area contributed by atoms with Crippen molar-refractivity contribution in [1.29, 1.82) is 0 Å². The van der Waals surface area contributed by atoms with Gasteiger partial charge in [-0.3, -0.25) is 4.79 Å². The number of carbonyl (C=O) groups excluding carboxylic acids is 1. The van der Waals surface area contributed by atoms with E-state index in [2.05, 4.69) is 24.8 Å². The molecule has 2 aromatic carbocycles. The van der Waals surface area contributed by atoms with E-state index in [0.29, 0.717) is 17.9 Å². The Labute approximate surface area is 205 Å². The number of nitrogens with zero attached hydrogens (tertiary/aromatic N) is 3. The van der Waals surface area contributed by atoms with Crippen molar-refractivity contribution < 1.29 is 17.9 Å². The number of aryl methyl sites for hydroxylation is 1. The number of nitrogens with one attached hydrogen (secondary N) is 2. The van der Waals surface area contributed by atoms with Gasteiger partial charge in [0.15, 0.2) is 5.82 Å². The van der Waals surface area contributed by atoms with E-state index in [4.69, 9.17) is 4.74 Å². The average Bonchev–Trinajstić information content (AvgIpc) is 3.48. The van der Waals surface area contributed by atoms with Crippen molar-refractivity contribution in [3.63, 3.8) is 0 Å². The van der Waals surface area contributed by atoms with Crippen LogP contribution in [-0.2, 0) is 27.7 Å². The number of carbonyl (C=O) groups is 1. The topological polar surface area (TPSA) is 115 Å². The number of fused-ring (bicyclic) bond motifs is 1. The van der Waals surface area contributed by atoms with Gasteiger partial charge in [0, 0.05) is 42.9 Å². The van der Waals surface area contributed by atoms with Crippen LogP contribution in [0.1, 0.15) is 48.3 Å². The summed E-state index contributed by atoms with van der Waals surface area (Å²) in [5.74, 6) is 1.57. The molecule has 1 amide bonds. The second-order valence-electron chi connectivity index (χ2n) is 8.94. The normalized spacial score (nSPS) is 18.1. The largest absolute Gasteiger partial charge is 0.377 e. The molecule has 1 saturated heterocycles. The van der Waals surface area contributed by atoms with E-state index in [1.807, 2.05) is 24.3 Å². The summed E-state index contributed by atoms with van der Waals surface area (Å²) in [7, 11) is -3.66. The smallest absolute Gasteiger partial charge is 0.255 e. The predicted molar refractivity (Wildman–Crippen MR) is 132 cm³/mol. The molecule has 9 nitrogen and oxygen atoms in total. The molecule has 0 spiro atoms. The van der Waals surface area contributed by atoms with Gasteiger partial charge in [-0.05, 0) is 74.2 Å². The van der Waals surface area contributed by atoms with Crippen LogP contribution in [-0.4, -0.2) is 48.3 Å². The fraction of sp³-hybridized carbons (Fsp3) is 0.400.